The van der Waals surface area contributed by atoms with Crippen molar-refractivity contribution >= 4 is 17.8 Å². The number of benzene rings is 2. The van der Waals surface area contributed by atoms with Gasteiger partial charge < -0.3 is 4.74 Å². The van der Waals surface area contributed by atoms with Crippen molar-refractivity contribution in [1.29, 1.82) is 0 Å². The SMILES string of the molecule is C=CCOc1ccc(/C=C/c2ccc([N+](=O)[O-])cc2)cc1. The van der Waals surface area contributed by atoms with Crippen molar-refractivity contribution in [1.82, 2.24) is 0 Å². The maximum atomic E-state index is 10.6. The summed E-state index contributed by atoms with van der Waals surface area (Å²) >= 11 is 0. The molecule has 0 aliphatic rings. The van der Waals surface area contributed by atoms with E-state index in [1.807, 2.05) is 36.4 Å². The third-order valence-corrected chi connectivity index (χ3v) is 2.82. The van der Waals surface area contributed by atoms with Gasteiger partial charge in [-0.05, 0) is 35.4 Å². The van der Waals surface area contributed by atoms with E-state index in [1.54, 1.807) is 18.2 Å². The number of nitrogens with zero attached hydrogens (tertiary/aromatic N) is 1. The van der Waals surface area contributed by atoms with Crippen LogP contribution in [-0.4, -0.2) is 11.5 Å². The molecule has 0 saturated heterocycles. The van der Waals surface area contributed by atoms with Gasteiger partial charge in [0.1, 0.15) is 12.4 Å². The van der Waals surface area contributed by atoms with Gasteiger partial charge >= 0.3 is 0 Å². The molecule has 4 nitrogen and oxygen atoms in total. The molecule has 2 aromatic rings. The summed E-state index contributed by atoms with van der Waals surface area (Å²) in [6, 6.07) is 14.1. The van der Waals surface area contributed by atoms with Crippen molar-refractivity contribution < 1.29 is 9.66 Å². The van der Waals surface area contributed by atoms with E-state index in [0.29, 0.717) is 6.61 Å². The zero-order valence-corrected chi connectivity index (χ0v) is 11.4. The number of hydrogen-bond acceptors (Lipinski definition) is 3. The quantitative estimate of drug-likeness (QED) is 0.343. The minimum atomic E-state index is -0.407. The van der Waals surface area contributed by atoms with Crippen LogP contribution in [-0.2, 0) is 0 Å². The lowest BCUT2D eigenvalue weighted by Crippen LogP contribution is -1.91. The standard InChI is InChI=1S/C17H15NO3/c1-2-13-21-17-11-7-15(8-12-17)4-3-14-5-9-16(10-6-14)18(19)20/h2-12H,1,13H2/b4-3+. The zero-order valence-electron chi connectivity index (χ0n) is 11.4. The first kappa shape index (κ1) is 14.5. The molecule has 0 spiro atoms. The van der Waals surface area contributed by atoms with E-state index in [9.17, 15) is 10.1 Å². The highest BCUT2D eigenvalue weighted by Crippen LogP contribution is 2.16. The summed E-state index contributed by atoms with van der Waals surface area (Å²) in [6.45, 7) is 4.08. The molecule has 0 amide bonds. The van der Waals surface area contributed by atoms with Gasteiger partial charge in [0.25, 0.3) is 5.69 Å². The molecular formula is C17H15NO3. The van der Waals surface area contributed by atoms with Gasteiger partial charge in [-0.1, -0.05) is 36.9 Å². The van der Waals surface area contributed by atoms with E-state index in [-0.39, 0.29) is 5.69 Å². The number of ether oxygens (including phenoxy) is 1. The zero-order chi connectivity index (χ0) is 15.1. The van der Waals surface area contributed by atoms with Gasteiger partial charge in [0.15, 0.2) is 0 Å². The van der Waals surface area contributed by atoms with Crippen LogP contribution in [0.4, 0.5) is 5.69 Å². The Morgan fingerprint density at radius 1 is 1.00 bits per heavy atom. The van der Waals surface area contributed by atoms with Gasteiger partial charge in [0.05, 0.1) is 4.92 Å². The molecule has 0 aliphatic heterocycles. The Labute approximate surface area is 123 Å². The average Bonchev–Trinajstić information content (AvgIpc) is 2.52. The number of nitro groups is 1. The molecule has 0 aliphatic carbocycles. The number of nitro benzene ring substituents is 1. The van der Waals surface area contributed by atoms with Crippen LogP contribution in [0.15, 0.2) is 61.2 Å². The van der Waals surface area contributed by atoms with Crippen LogP contribution in [0, 0.1) is 10.1 Å². The summed E-state index contributed by atoms with van der Waals surface area (Å²) < 4.78 is 5.40. The molecule has 0 unspecified atom stereocenters. The molecule has 21 heavy (non-hydrogen) atoms. The van der Waals surface area contributed by atoms with Gasteiger partial charge in [-0.25, -0.2) is 0 Å². The van der Waals surface area contributed by atoms with E-state index in [4.69, 9.17) is 4.74 Å². The molecule has 106 valence electrons. The van der Waals surface area contributed by atoms with E-state index in [2.05, 4.69) is 6.58 Å². The Kier molecular flexibility index (Phi) is 4.88. The smallest absolute Gasteiger partial charge is 0.269 e. The Bertz CT molecular complexity index is 643. The van der Waals surface area contributed by atoms with Crippen LogP contribution < -0.4 is 4.74 Å². The summed E-state index contributed by atoms with van der Waals surface area (Å²) in [7, 11) is 0. The van der Waals surface area contributed by atoms with Gasteiger partial charge in [-0.15, -0.1) is 0 Å². The van der Waals surface area contributed by atoms with Gasteiger partial charge in [0.2, 0.25) is 0 Å². The number of non-ortho nitro benzene ring substituents is 1. The number of hydrogen-bond donors (Lipinski definition) is 0. The van der Waals surface area contributed by atoms with Crippen LogP contribution in [0.25, 0.3) is 12.2 Å². The highest BCUT2D eigenvalue weighted by atomic mass is 16.6. The molecule has 0 aromatic heterocycles. The highest BCUT2D eigenvalue weighted by molar-refractivity contribution is 5.70. The monoisotopic (exact) mass is 281 g/mol. The van der Waals surface area contributed by atoms with Crippen LogP contribution in [0.2, 0.25) is 0 Å². The predicted molar refractivity (Wildman–Crippen MR) is 84.2 cm³/mol. The molecule has 0 N–H and O–H groups in total. The van der Waals surface area contributed by atoms with Gasteiger partial charge in [-0.2, -0.15) is 0 Å². The fourth-order valence-electron chi connectivity index (χ4n) is 1.73. The molecule has 0 bridgehead atoms. The van der Waals surface area contributed by atoms with Crippen molar-refractivity contribution in [2.24, 2.45) is 0 Å². The summed E-state index contributed by atoms with van der Waals surface area (Å²) in [5, 5.41) is 10.6. The van der Waals surface area contributed by atoms with Crippen molar-refractivity contribution in [2.75, 3.05) is 6.61 Å². The molecular weight excluding hydrogens is 266 g/mol. The van der Waals surface area contributed by atoms with Crippen molar-refractivity contribution in [3.05, 3.63) is 82.4 Å². The second kappa shape index (κ2) is 7.05. The lowest BCUT2D eigenvalue weighted by molar-refractivity contribution is -0.384. The molecule has 2 aromatic carbocycles. The lowest BCUT2D eigenvalue weighted by Gasteiger charge is -2.02. The first-order valence-electron chi connectivity index (χ1n) is 6.45. The molecule has 0 saturated carbocycles. The highest BCUT2D eigenvalue weighted by Gasteiger charge is 2.02. The summed E-state index contributed by atoms with van der Waals surface area (Å²) in [5.41, 5.74) is 2.03. The maximum Gasteiger partial charge on any atom is 0.269 e. The van der Waals surface area contributed by atoms with Gasteiger partial charge in [-0.3, -0.25) is 10.1 Å². The van der Waals surface area contributed by atoms with E-state index < -0.39 is 4.92 Å². The topological polar surface area (TPSA) is 52.4 Å². The lowest BCUT2D eigenvalue weighted by atomic mass is 10.1. The van der Waals surface area contributed by atoms with Gasteiger partial charge in [0, 0.05) is 12.1 Å². The Hall–Kier alpha value is -2.88. The molecule has 4 heteroatoms. The Balaban J connectivity index is 2.03. The minimum Gasteiger partial charge on any atom is -0.490 e. The van der Waals surface area contributed by atoms with Crippen LogP contribution in [0.3, 0.4) is 0 Å². The molecule has 0 fully saturated rings. The third kappa shape index (κ3) is 4.31. The fraction of sp³-hybridized carbons (Fsp3) is 0.0588. The Morgan fingerprint density at radius 2 is 1.52 bits per heavy atom. The third-order valence-electron chi connectivity index (χ3n) is 2.82. The summed E-state index contributed by atoms with van der Waals surface area (Å²) in [5.74, 6) is 0.794. The van der Waals surface area contributed by atoms with Crippen molar-refractivity contribution in [3.8, 4) is 5.75 Å². The fourth-order valence-corrected chi connectivity index (χ4v) is 1.73. The largest absolute Gasteiger partial charge is 0.490 e. The molecule has 0 atom stereocenters. The Morgan fingerprint density at radius 3 is 2.00 bits per heavy atom. The average molecular weight is 281 g/mol. The first-order valence-corrected chi connectivity index (χ1v) is 6.45. The first-order chi connectivity index (χ1) is 10.2. The number of rotatable bonds is 6. The molecule has 2 rings (SSSR count). The summed E-state index contributed by atoms with van der Waals surface area (Å²) in [4.78, 5) is 10.2. The van der Waals surface area contributed by atoms with E-state index in [1.165, 1.54) is 12.1 Å². The van der Waals surface area contributed by atoms with Crippen molar-refractivity contribution in [3.63, 3.8) is 0 Å². The van der Waals surface area contributed by atoms with E-state index >= 15 is 0 Å². The summed E-state index contributed by atoms with van der Waals surface area (Å²) in [6.07, 6.45) is 5.55. The molecule has 0 heterocycles. The molecule has 0 radical (unpaired) electrons. The predicted octanol–water partition coefficient (Wildman–Crippen LogP) is 4.33. The van der Waals surface area contributed by atoms with Crippen LogP contribution in [0.5, 0.6) is 5.75 Å². The maximum absolute atomic E-state index is 10.6. The minimum absolute atomic E-state index is 0.0934. The van der Waals surface area contributed by atoms with Crippen LogP contribution in [0.1, 0.15) is 11.1 Å². The second-order valence-corrected chi connectivity index (χ2v) is 4.35. The van der Waals surface area contributed by atoms with Crippen molar-refractivity contribution in [2.45, 2.75) is 0 Å². The van der Waals surface area contributed by atoms with E-state index in [0.717, 1.165) is 16.9 Å². The normalized spacial score (nSPS) is 10.5. The second-order valence-electron chi connectivity index (χ2n) is 4.35. The van der Waals surface area contributed by atoms with Crippen LogP contribution >= 0.6 is 0 Å².